The zero-order chi connectivity index (χ0) is 12.8. The molecule has 6 nitrogen and oxygen atoms in total. The maximum absolute atomic E-state index is 11.2. The highest BCUT2D eigenvalue weighted by Crippen LogP contribution is 2.10. The summed E-state index contributed by atoms with van der Waals surface area (Å²) in [5.74, 6) is 5.52. The molecule has 0 aliphatic heterocycles. The molecule has 17 heavy (non-hydrogen) atoms. The first kappa shape index (κ1) is 13.7. The van der Waals surface area contributed by atoms with E-state index in [-0.39, 0.29) is 11.9 Å². The van der Waals surface area contributed by atoms with Crippen LogP contribution in [-0.2, 0) is 11.3 Å². The van der Waals surface area contributed by atoms with E-state index in [2.05, 4.69) is 4.90 Å². The summed E-state index contributed by atoms with van der Waals surface area (Å²) < 4.78 is 10.5. The Labute approximate surface area is 101 Å². The minimum atomic E-state index is -0.427. The van der Waals surface area contributed by atoms with Gasteiger partial charge < -0.3 is 9.15 Å². The van der Waals surface area contributed by atoms with E-state index >= 15 is 0 Å². The fourth-order valence-electron chi connectivity index (χ4n) is 1.50. The van der Waals surface area contributed by atoms with Gasteiger partial charge in [0.05, 0.1) is 12.6 Å². The minimum absolute atomic E-state index is 0.154. The Morgan fingerprint density at radius 1 is 1.65 bits per heavy atom. The third-order valence-corrected chi connectivity index (χ3v) is 2.41. The molecule has 0 bridgehead atoms. The van der Waals surface area contributed by atoms with Crippen LogP contribution in [-0.4, -0.2) is 37.6 Å². The number of hydrazine groups is 1. The minimum Gasteiger partial charge on any atom is -0.455 e. The van der Waals surface area contributed by atoms with Crippen molar-refractivity contribution in [3.05, 3.63) is 23.7 Å². The third kappa shape index (κ3) is 4.18. The molecule has 1 rings (SSSR count). The number of likely N-dealkylation sites (N-methyl/N-ethyl adjacent to an activating group) is 1. The average molecular weight is 241 g/mol. The van der Waals surface area contributed by atoms with E-state index < -0.39 is 5.91 Å². The summed E-state index contributed by atoms with van der Waals surface area (Å²) in [6.07, 6.45) is 0.154. The molecule has 1 amide bonds. The number of ether oxygens (including phenoxy) is 1. The summed E-state index contributed by atoms with van der Waals surface area (Å²) in [6.45, 7) is 3.40. The molecule has 6 heteroatoms. The first-order valence-corrected chi connectivity index (χ1v) is 5.37. The Morgan fingerprint density at radius 2 is 2.35 bits per heavy atom. The van der Waals surface area contributed by atoms with Crippen LogP contribution in [0.4, 0.5) is 0 Å². The van der Waals surface area contributed by atoms with Crippen molar-refractivity contribution in [2.45, 2.75) is 19.6 Å². The average Bonchev–Trinajstić information content (AvgIpc) is 2.76. The summed E-state index contributed by atoms with van der Waals surface area (Å²) >= 11 is 0. The first-order chi connectivity index (χ1) is 8.06. The van der Waals surface area contributed by atoms with Crippen molar-refractivity contribution in [1.82, 2.24) is 10.3 Å². The van der Waals surface area contributed by atoms with Gasteiger partial charge in [0.15, 0.2) is 5.76 Å². The van der Waals surface area contributed by atoms with Crippen LogP contribution in [0.1, 0.15) is 23.2 Å². The second-order valence-corrected chi connectivity index (χ2v) is 3.98. The summed E-state index contributed by atoms with van der Waals surface area (Å²) in [5, 5.41) is 0. The van der Waals surface area contributed by atoms with Gasteiger partial charge in [-0.15, -0.1) is 0 Å². The number of nitrogens with two attached hydrogens (primary N) is 1. The van der Waals surface area contributed by atoms with Crippen molar-refractivity contribution >= 4 is 5.91 Å². The van der Waals surface area contributed by atoms with E-state index in [9.17, 15) is 4.79 Å². The Kier molecular flexibility index (Phi) is 5.14. The van der Waals surface area contributed by atoms with Gasteiger partial charge in [0.25, 0.3) is 0 Å². The van der Waals surface area contributed by atoms with Crippen molar-refractivity contribution in [3.63, 3.8) is 0 Å². The molecule has 0 spiro atoms. The van der Waals surface area contributed by atoms with E-state index in [0.29, 0.717) is 6.54 Å². The molecule has 1 aromatic rings. The quantitative estimate of drug-likeness (QED) is 0.427. The normalized spacial score (nSPS) is 12.8. The van der Waals surface area contributed by atoms with Crippen LogP contribution in [0, 0.1) is 0 Å². The Bertz CT molecular complexity index is 365. The van der Waals surface area contributed by atoms with Crippen LogP contribution in [0.25, 0.3) is 0 Å². The fourth-order valence-corrected chi connectivity index (χ4v) is 1.50. The Hall–Kier alpha value is -1.37. The molecular formula is C11H19N3O3. The molecule has 1 aromatic heterocycles. The molecule has 96 valence electrons. The number of amides is 1. The van der Waals surface area contributed by atoms with Crippen molar-refractivity contribution in [1.29, 1.82) is 0 Å². The van der Waals surface area contributed by atoms with Crippen molar-refractivity contribution in [2.24, 2.45) is 5.84 Å². The van der Waals surface area contributed by atoms with Gasteiger partial charge >= 0.3 is 5.91 Å². The first-order valence-electron chi connectivity index (χ1n) is 5.37. The van der Waals surface area contributed by atoms with Gasteiger partial charge in [-0.05, 0) is 26.1 Å². The predicted molar refractivity (Wildman–Crippen MR) is 63.2 cm³/mol. The number of rotatable bonds is 6. The van der Waals surface area contributed by atoms with E-state index in [0.717, 1.165) is 12.3 Å². The molecule has 0 saturated carbocycles. The predicted octanol–water partition coefficient (Wildman–Crippen LogP) is 0.350. The molecule has 1 atom stereocenters. The van der Waals surface area contributed by atoms with Crippen LogP contribution in [0.3, 0.4) is 0 Å². The molecule has 0 saturated heterocycles. The van der Waals surface area contributed by atoms with Crippen molar-refractivity contribution in [2.75, 3.05) is 20.7 Å². The molecule has 1 unspecified atom stereocenters. The van der Waals surface area contributed by atoms with Gasteiger partial charge in [-0.3, -0.25) is 15.1 Å². The smallest absolute Gasteiger partial charge is 0.300 e. The lowest BCUT2D eigenvalue weighted by atomic mass is 10.3. The molecule has 0 radical (unpaired) electrons. The Balaban J connectivity index is 2.51. The number of nitrogens with zero attached hydrogens (tertiary/aromatic N) is 1. The van der Waals surface area contributed by atoms with Crippen LogP contribution in [0.15, 0.2) is 16.5 Å². The summed E-state index contributed by atoms with van der Waals surface area (Å²) in [4.78, 5) is 13.2. The van der Waals surface area contributed by atoms with Gasteiger partial charge in [0.1, 0.15) is 5.76 Å². The third-order valence-electron chi connectivity index (χ3n) is 2.41. The number of methoxy groups -OCH3 is 1. The van der Waals surface area contributed by atoms with Crippen molar-refractivity contribution in [3.8, 4) is 0 Å². The van der Waals surface area contributed by atoms with E-state index in [1.165, 1.54) is 0 Å². The summed E-state index contributed by atoms with van der Waals surface area (Å²) in [5.41, 5.74) is 2.02. The fraction of sp³-hybridized carbons (Fsp3) is 0.545. The number of hydrogen-bond donors (Lipinski definition) is 2. The van der Waals surface area contributed by atoms with Gasteiger partial charge in [-0.25, -0.2) is 5.84 Å². The number of hydrogen-bond acceptors (Lipinski definition) is 5. The van der Waals surface area contributed by atoms with E-state index in [4.69, 9.17) is 15.0 Å². The molecular weight excluding hydrogens is 222 g/mol. The second kappa shape index (κ2) is 6.39. The number of furan rings is 1. The van der Waals surface area contributed by atoms with Gasteiger partial charge in [0.2, 0.25) is 0 Å². The molecule has 0 aliphatic rings. The highest BCUT2D eigenvalue weighted by atomic mass is 16.5. The highest BCUT2D eigenvalue weighted by Gasteiger charge is 2.12. The molecule has 0 aliphatic carbocycles. The Morgan fingerprint density at radius 3 is 2.94 bits per heavy atom. The summed E-state index contributed by atoms with van der Waals surface area (Å²) in [6, 6.07) is 3.36. The number of carbonyl (C=O) groups excluding carboxylic acids is 1. The van der Waals surface area contributed by atoms with Crippen LogP contribution in [0.5, 0.6) is 0 Å². The highest BCUT2D eigenvalue weighted by molar-refractivity contribution is 5.90. The molecule has 1 heterocycles. The maximum Gasteiger partial charge on any atom is 0.300 e. The zero-order valence-electron chi connectivity index (χ0n) is 10.4. The lowest BCUT2D eigenvalue weighted by Gasteiger charge is -2.18. The zero-order valence-corrected chi connectivity index (χ0v) is 10.4. The lowest BCUT2D eigenvalue weighted by molar-refractivity contribution is 0.0807. The van der Waals surface area contributed by atoms with Gasteiger partial charge in [0, 0.05) is 13.7 Å². The van der Waals surface area contributed by atoms with Gasteiger partial charge in [-0.2, -0.15) is 0 Å². The van der Waals surface area contributed by atoms with E-state index in [1.807, 2.05) is 19.4 Å². The monoisotopic (exact) mass is 241 g/mol. The largest absolute Gasteiger partial charge is 0.455 e. The summed E-state index contributed by atoms with van der Waals surface area (Å²) in [7, 11) is 3.63. The number of carbonyl (C=O) groups is 1. The SMILES string of the molecule is COC(C)CN(C)Cc1ccc(C(=O)NN)o1. The van der Waals surface area contributed by atoms with E-state index in [1.54, 1.807) is 19.2 Å². The van der Waals surface area contributed by atoms with Gasteiger partial charge in [-0.1, -0.05) is 0 Å². The number of nitrogens with one attached hydrogen (secondary N) is 1. The molecule has 0 aromatic carbocycles. The standard InChI is InChI=1S/C11H19N3O3/c1-8(16-3)6-14(2)7-9-4-5-10(17-9)11(15)13-12/h4-5,8H,6-7,12H2,1-3H3,(H,13,15). The lowest BCUT2D eigenvalue weighted by Crippen LogP contribution is -2.29. The maximum atomic E-state index is 11.2. The second-order valence-electron chi connectivity index (χ2n) is 3.98. The topological polar surface area (TPSA) is 80.7 Å². The van der Waals surface area contributed by atoms with Crippen molar-refractivity contribution < 1.29 is 13.9 Å². The van der Waals surface area contributed by atoms with Crippen LogP contribution < -0.4 is 11.3 Å². The van der Waals surface area contributed by atoms with Crippen LogP contribution >= 0.6 is 0 Å². The van der Waals surface area contributed by atoms with Crippen LogP contribution in [0.2, 0.25) is 0 Å². The molecule has 3 N–H and O–H groups in total. The molecule has 0 fully saturated rings. The number of nitrogen functional groups attached to an aromatic ring is 1.